The van der Waals surface area contributed by atoms with E-state index in [0.717, 1.165) is 22.4 Å². The van der Waals surface area contributed by atoms with Crippen LogP contribution in [0.2, 0.25) is 0 Å². The summed E-state index contributed by atoms with van der Waals surface area (Å²) >= 11 is 0. The Labute approximate surface area is 174 Å². The maximum atomic E-state index is 13.2. The average Bonchev–Trinajstić information content (AvgIpc) is 2.68. The number of benzene rings is 2. The van der Waals surface area contributed by atoms with E-state index in [1.165, 1.54) is 5.56 Å². The van der Waals surface area contributed by atoms with Crippen LogP contribution in [0.25, 0.3) is 0 Å². The Morgan fingerprint density at radius 2 is 1.59 bits per heavy atom. The van der Waals surface area contributed by atoms with Gasteiger partial charge in [-0.2, -0.15) is 0 Å². The predicted octanol–water partition coefficient (Wildman–Crippen LogP) is 3.80. The zero-order valence-corrected chi connectivity index (χ0v) is 18.3. The maximum absolute atomic E-state index is 13.2. The molecule has 1 N–H and O–H groups in total. The van der Waals surface area contributed by atoms with Crippen molar-refractivity contribution in [2.24, 2.45) is 0 Å². The fourth-order valence-corrected chi connectivity index (χ4v) is 3.11. The monoisotopic (exact) mass is 396 g/mol. The van der Waals surface area contributed by atoms with Crippen LogP contribution in [0.1, 0.15) is 43.0 Å². The molecule has 0 radical (unpaired) electrons. The second-order valence-electron chi connectivity index (χ2n) is 7.80. The lowest BCUT2D eigenvalue weighted by atomic mass is 10.0. The highest BCUT2D eigenvalue weighted by molar-refractivity contribution is 5.88. The molecule has 156 valence electrons. The zero-order valence-electron chi connectivity index (χ0n) is 18.3. The Balaban J connectivity index is 2.24. The number of hydrogen-bond donors (Lipinski definition) is 1. The molecule has 2 aromatic rings. The van der Waals surface area contributed by atoms with Gasteiger partial charge in [0.2, 0.25) is 11.8 Å². The molecular formula is C24H32N2O3. The third-order valence-corrected chi connectivity index (χ3v) is 5.04. The number of rotatable bonds is 8. The first-order valence-corrected chi connectivity index (χ1v) is 10.00. The van der Waals surface area contributed by atoms with Crippen LogP contribution < -0.4 is 10.1 Å². The van der Waals surface area contributed by atoms with Crippen molar-refractivity contribution in [2.45, 2.75) is 59.7 Å². The molecule has 5 nitrogen and oxygen atoms in total. The van der Waals surface area contributed by atoms with Gasteiger partial charge in [0.25, 0.3) is 0 Å². The van der Waals surface area contributed by atoms with Crippen molar-refractivity contribution in [3.63, 3.8) is 0 Å². The quantitative estimate of drug-likeness (QED) is 0.738. The SMILES string of the molecule is COc1ccc(CN(C(=O)Cc2ccc(C)c(C)c2)[C@H](C)C(=O)NC(C)C)cc1. The molecule has 0 bridgehead atoms. The van der Waals surface area contributed by atoms with E-state index in [0.29, 0.717) is 6.54 Å². The fraction of sp³-hybridized carbons (Fsp3) is 0.417. The summed E-state index contributed by atoms with van der Waals surface area (Å²) in [5, 5.41) is 2.91. The summed E-state index contributed by atoms with van der Waals surface area (Å²) in [6.45, 7) is 10.1. The van der Waals surface area contributed by atoms with Gasteiger partial charge in [0.15, 0.2) is 0 Å². The van der Waals surface area contributed by atoms with Crippen molar-refractivity contribution in [2.75, 3.05) is 7.11 Å². The Bertz CT molecular complexity index is 844. The summed E-state index contributed by atoms with van der Waals surface area (Å²) in [4.78, 5) is 27.5. The number of ether oxygens (including phenoxy) is 1. The van der Waals surface area contributed by atoms with Gasteiger partial charge in [-0.25, -0.2) is 0 Å². The van der Waals surface area contributed by atoms with Crippen LogP contribution in [0.15, 0.2) is 42.5 Å². The molecule has 2 amide bonds. The smallest absolute Gasteiger partial charge is 0.242 e. The van der Waals surface area contributed by atoms with E-state index in [2.05, 4.69) is 12.2 Å². The molecule has 0 heterocycles. The molecule has 2 rings (SSSR count). The molecule has 0 fully saturated rings. The molecule has 0 spiro atoms. The molecule has 1 atom stereocenters. The van der Waals surface area contributed by atoms with Crippen molar-refractivity contribution in [1.82, 2.24) is 10.2 Å². The van der Waals surface area contributed by atoms with Gasteiger partial charge in [0.1, 0.15) is 11.8 Å². The first kappa shape index (κ1) is 22.5. The van der Waals surface area contributed by atoms with Crippen LogP contribution in [-0.2, 0) is 22.6 Å². The third-order valence-electron chi connectivity index (χ3n) is 5.04. The van der Waals surface area contributed by atoms with Gasteiger partial charge in [-0.1, -0.05) is 30.3 Å². The molecule has 0 saturated heterocycles. The zero-order chi connectivity index (χ0) is 21.6. The van der Waals surface area contributed by atoms with E-state index in [9.17, 15) is 9.59 Å². The van der Waals surface area contributed by atoms with Gasteiger partial charge < -0.3 is 15.0 Å². The minimum atomic E-state index is -0.571. The van der Waals surface area contributed by atoms with Gasteiger partial charge in [-0.3, -0.25) is 9.59 Å². The Kier molecular flexibility index (Phi) is 7.82. The molecule has 0 aliphatic rings. The summed E-state index contributed by atoms with van der Waals surface area (Å²) < 4.78 is 5.21. The number of carbonyl (C=O) groups excluding carboxylic acids is 2. The Morgan fingerprint density at radius 3 is 2.14 bits per heavy atom. The van der Waals surface area contributed by atoms with Gasteiger partial charge in [0.05, 0.1) is 13.5 Å². The molecule has 0 aliphatic heterocycles. The highest BCUT2D eigenvalue weighted by Crippen LogP contribution is 2.17. The molecule has 0 aromatic heterocycles. The third kappa shape index (κ3) is 6.34. The van der Waals surface area contributed by atoms with Gasteiger partial charge >= 0.3 is 0 Å². The summed E-state index contributed by atoms with van der Waals surface area (Å²) in [6.07, 6.45) is 0.260. The van der Waals surface area contributed by atoms with Crippen molar-refractivity contribution in [3.05, 3.63) is 64.7 Å². The topological polar surface area (TPSA) is 58.6 Å². The molecular weight excluding hydrogens is 364 g/mol. The highest BCUT2D eigenvalue weighted by atomic mass is 16.5. The molecule has 5 heteroatoms. The van der Waals surface area contributed by atoms with E-state index in [4.69, 9.17) is 4.74 Å². The summed E-state index contributed by atoms with van der Waals surface area (Å²) in [7, 11) is 1.62. The fourth-order valence-electron chi connectivity index (χ4n) is 3.11. The number of nitrogens with zero attached hydrogens (tertiary/aromatic N) is 1. The minimum absolute atomic E-state index is 0.0163. The number of hydrogen-bond acceptors (Lipinski definition) is 3. The number of amides is 2. The van der Waals surface area contributed by atoms with Crippen molar-refractivity contribution in [3.8, 4) is 5.75 Å². The van der Waals surface area contributed by atoms with E-state index in [1.807, 2.05) is 63.2 Å². The number of methoxy groups -OCH3 is 1. The van der Waals surface area contributed by atoms with Gasteiger partial charge in [-0.05, 0) is 69.0 Å². The van der Waals surface area contributed by atoms with Crippen LogP contribution in [0.4, 0.5) is 0 Å². The minimum Gasteiger partial charge on any atom is -0.497 e. The van der Waals surface area contributed by atoms with E-state index < -0.39 is 6.04 Å². The molecule has 29 heavy (non-hydrogen) atoms. The van der Waals surface area contributed by atoms with Crippen LogP contribution >= 0.6 is 0 Å². The lowest BCUT2D eigenvalue weighted by Crippen LogP contribution is -2.49. The average molecular weight is 397 g/mol. The van der Waals surface area contributed by atoms with E-state index >= 15 is 0 Å². The second-order valence-corrected chi connectivity index (χ2v) is 7.80. The summed E-state index contributed by atoms with van der Waals surface area (Å²) in [5.41, 5.74) is 4.25. The summed E-state index contributed by atoms with van der Waals surface area (Å²) in [5.74, 6) is 0.532. The molecule has 0 aliphatic carbocycles. The molecule has 0 unspecified atom stereocenters. The van der Waals surface area contributed by atoms with Crippen molar-refractivity contribution < 1.29 is 14.3 Å². The van der Waals surface area contributed by atoms with Gasteiger partial charge in [-0.15, -0.1) is 0 Å². The highest BCUT2D eigenvalue weighted by Gasteiger charge is 2.26. The maximum Gasteiger partial charge on any atom is 0.242 e. The van der Waals surface area contributed by atoms with Crippen LogP contribution in [0.5, 0.6) is 5.75 Å². The molecule has 2 aromatic carbocycles. The second kappa shape index (κ2) is 10.1. The standard InChI is InChI=1S/C24H32N2O3/c1-16(2)25-24(28)19(5)26(15-20-9-11-22(29-6)12-10-20)23(27)14-21-8-7-17(3)18(4)13-21/h7-13,16,19H,14-15H2,1-6H3,(H,25,28)/t19-/m1/s1. The first-order chi connectivity index (χ1) is 13.7. The largest absolute Gasteiger partial charge is 0.497 e. The van der Waals surface area contributed by atoms with Gasteiger partial charge in [0, 0.05) is 12.6 Å². The lowest BCUT2D eigenvalue weighted by Gasteiger charge is -2.29. The van der Waals surface area contributed by atoms with Crippen molar-refractivity contribution >= 4 is 11.8 Å². The number of nitrogens with one attached hydrogen (secondary N) is 1. The van der Waals surface area contributed by atoms with E-state index in [-0.39, 0.29) is 24.3 Å². The summed E-state index contributed by atoms with van der Waals surface area (Å²) in [6, 6.07) is 13.1. The number of aryl methyl sites for hydroxylation is 2. The van der Waals surface area contributed by atoms with Crippen molar-refractivity contribution in [1.29, 1.82) is 0 Å². The Hall–Kier alpha value is -2.82. The van der Waals surface area contributed by atoms with Crippen LogP contribution in [-0.4, -0.2) is 35.9 Å². The normalized spacial score (nSPS) is 11.8. The first-order valence-electron chi connectivity index (χ1n) is 10.00. The Morgan fingerprint density at radius 1 is 0.966 bits per heavy atom. The lowest BCUT2D eigenvalue weighted by molar-refractivity contribution is -0.140. The molecule has 0 saturated carbocycles. The number of carbonyl (C=O) groups is 2. The predicted molar refractivity (Wildman–Crippen MR) is 116 cm³/mol. The van der Waals surface area contributed by atoms with E-state index in [1.54, 1.807) is 18.9 Å². The van der Waals surface area contributed by atoms with Crippen LogP contribution in [0.3, 0.4) is 0 Å². The van der Waals surface area contributed by atoms with Crippen LogP contribution in [0, 0.1) is 13.8 Å².